The summed E-state index contributed by atoms with van der Waals surface area (Å²) in [5.74, 6) is 0. The van der Waals surface area contributed by atoms with Gasteiger partial charge in [0, 0.05) is 24.4 Å². The van der Waals surface area contributed by atoms with Crippen molar-refractivity contribution in [3.05, 3.63) is 58.6 Å². The number of nitro benzene ring substituents is 1. The molecular formula is C16H17N5O2S. The fourth-order valence-electron chi connectivity index (χ4n) is 1.78. The number of nitrogens with one attached hydrogen (secondary N) is 2. The summed E-state index contributed by atoms with van der Waals surface area (Å²) >= 11 is 5.17. The molecule has 0 atom stereocenters. The Kier molecular flexibility index (Phi) is 6.32. The smallest absolute Gasteiger partial charge is 0.269 e. The molecule has 0 aliphatic carbocycles. The van der Waals surface area contributed by atoms with Crippen LogP contribution < -0.4 is 10.6 Å². The molecule has 0 bridgehead atoms. The van der Waals surface area contributed by atoms with E-state index in [0.717, 1.165) is 18.7 Å². The molecule has 2 aromatic carbocycles. The first-order chi connectivity index (χ1) is 11.6. The maximum atomic E-state index is 10.6. The number of thiocarbonyl (C=S) groups is 1. The van der Waals surface area contributed by atoms with Gasteiger partial charge in [-0.3, -0.25) is 10.1 Å². The number of anilines is 1. The molecule has 0 saturated carbocycles. The summed E-state index contributed by atoms with van der Waals surface area (Å²) in [4.78, 5) is 10.1. The SMILES string of the molecule is CCCNC(=S)Nc1ccc(N=Nc2ccc([N+](=O)[O-])cc2)cc1. The van der Waals surface area contributed by atoms with Gasteiger partial charge in [0.2, 0.25) is 0 Å². The van der Waals surface area contributed by atoms with Crippen molar-refractivity contribution in [2.75, 3.05) is 11.9 Å². The summed E-state index contributed by atoms with van der Waals surface area (Å²) in [6.07, 6.45) is 1.00. The highest BCUT2D eigenvalue weighted by Gasteiger charge is 2.03. The molecule has 0 heterocycles. The number of hydrogen-bond donors (Lipinski definition) is 2. The van der Waals surface area contributed by atoms with Crippen LogP contribution in [-0.4, -0.2) is 16.6 Å². The van der Waals surface area contributed by atoms with Gasteiger partial charge in [-0.05, 0) is 55.0 Å². The zero-order chi connectivity index (χ0) is 17.4. The average Bonchev–Trinajstić information content (AvgIpc) is 2.59. The van der Waals surface area contributed by atoms with E-state index in [1.807, 2.05) is 12.1 Å². The number of nitro groups is 1. The van der Waals surface area contributed by atoms with E-state index < -0.39 is 4.92 Å². The monoisotopic (exact) mass is 343 g/mol. The molecule has 24 heavy (non-hydrogen) atoms. The van der Waals surface area contributed by atoms with Crippen LogP contribution in [0.4, 0.5) is 22.7 Å². The molecule has 8 heteroatoms. The Balaban J connectivity index is 1.95. The van der Waals surface area contributed by atoms with Crippen LogP contribution in [0.25, 0.3) is 0 Å². The highest BCUT2D eigenvalue weighted by Crippen LogP contribution is 2.22. The van der Waals surface area contributed by atoms with Crippen LogP contribution in [-0.2, 0) is 0 Å². The van der Waals surface area contributed by atoms with Crippen molar-refractivity contribution < 1.29 is 4.92 Å². The molecule has 124 valence electrons. The quantitative estimate of drug-likeness (QED) is 0.343. The summed E-state index contributed by atoms with van der Waals surface area (Å²) in [5, 5.41) is 25.5. The Morgan fingerprint density at radius 2 is 1.62 bits per heavy atom. The highest BCUT2D eigenvalue weighted by atomic mass is 32.1. The van der Waals surface area contributed by atoms with Crippen molar-refractivity contribution in [3.63, 3.8) is 0 Å². The number of rotatable bonds is 6. The van der Waals surface area contributed by atoms with Crippen molar-refractivity contribution in [2.24, 2.45) is 10.2 Å². The van der Waals surface area contributed by atoms with Gasteiger partial charge in [-0.1, -0.05) is 6.92 Å². The van der Waals surface area contributed by atoms with E-state index in [-0.39, 0.29) is 5.69 Å². The molecule has 0 amide bonds. The lowest BCUT2D eigenvalue weighted by atomic mass is 10.3. The molecular weight excluding hydrogens is 326 g/mol. The summed E-state index contributed by atoms with van der Waals surface area (Å²) in [7, 11) is 0. The molecule has 0 fully saturated rings. The third-order valence-corrected chi connectivity index (χ3v) is 3.25. The van der Waals surface area contributed by atoms with E-state index in [2.05, 4.69) is 27.8 Å². The Hall–Kier alpha value is -2.87. The Labute approximate surface area is 145 Å². The van der Waals surface area contributed by atoms with Crippen molar-refractivity contribution in [3.8, 4) is 0 Å². The van der Waals surface area contributed by atoms with Gasteiger partial charge in [-0.25, -0.2) is 0 Å². The fraction of sp³-hybridized carbons (Fsp3) is 0.188. The van der Waals surface area contributed by atoms with Gasteiger partial charge < -0.3 is 10.6 Å². The summed E-state index contributed by atoms with van der Waals surface area (Å²) < 4.78 is 0. The molecule has 0 unspecified atom stereocenters. The second kappa shape index (κ2) is 8.68. The Bertz CT molecular complexity index is 729. The predicted molar refractivity (Wildman–Crippen MR) is 98.2 cm³/mol. The third kappa shape index (κ3) is 5.40. The average molecular weight is 343 g/mol. The summed E-state index contributed by atoms with van der Waals surface area (Å²) in [6.45, 7) is 2.90. The van der Waals surface area contributed by atoms with Crippen molar-refractivity contribution in [2.45, 2.75) is 13.3 Å². The van der Waals surface area contributed by atoms with Gasteiger partial charge in [0.05, 0.1) is 16.3 Å². The van der Waals surface area contributed by atoms with Crippen LogP contribution in [0.5, 0.6) is 0 Å². The number of azo groups is 1. The first-order valence-electron chi connectivity index (χ1n) is 7.39. The number of hydrogen-bond acceptors (Lipinski definition) is 5. The van der Waals surface area contributed by atoms with E-state index in [1.165, 1.54) is 12.1 Å². The van der Waals surface area contributed by atoms with E-state index in [1.54, 1.807) is 24.3 Å². The first-order valence-corrected chi connectivity index (χ1v) is 7.80. The molecule has 2 N–H and O–H groups in total. The van der Waals surface area contributed by atoms with E-state index in [0.29, 0.717) is 16.5 Å². The standard InChI is InChI=1S/C16H17N5O2S/c1-2-11-17-16(24)18-12-3-5-13(6-4-12)19-20-14-7-9-15(10-8-14)21(22)23/h3-10H,2,11H2,1H3,(H2,17,18,24). The maximum absolute atomic E-state index is 10.6. The van der Waals surface area contributed by atoms with Crippen molar-refractivity contribution in [1.82, 2.24) is 5.32 Å². The van der Waals surface area contributed by atoms with Gasteiger partial charge in [-0.2, -0.15) is 10.2 Å². The number of benzene rings is 2. The van der Waals surface area contributed by atoms with Crippen molar-refractivity contribution >= 4 is 40.1 Å². The lowest BCUT2D eigenvalue weighted by Crippen LogP contribution is -2.28. The van der Waals surface area contributed by atoms with Crippen molar-refractivity contribution in [1.29, 1.82) is 0 Å². The lowest BCUT2D eigenvalue weighted by Gasteiger charge is -2.09. The molecule has 0 aromatic heterocycles. The van der Waals surface area contributed by atoms with Gasteiger partial charge in [0.15, 0.2) is 5.11 Å². The molecule has 0 aliphatic rings. The summed E-state index contributed by atoms with van der Waals surface area (Å²) in [5.41, 5.74) is 2.11. The van der Waals surface area contributed by atoms with Crippen LogP contribution in [0.2, 0.25) is 0 Å². The fourth-order valence-corrected chi connectivity index (χ4v) is 2.00. The van der Waals surface area contributed by atoms with Crippen LogP contribution in [0.15, 0.2) is 58.8 Å². The normalized spacial score (nSPS) is 10.5. The second-order valence-electron chi connectivity index (χ2n) is 4.90. The zero-order valence-corrected chi connectivity index (χ0v) is 13.9. The summed E-state index contributed by atoms with van der Waals surface area (Å²) in [6, 6.07) is 13.2. The second-order valence-corrected chi connectivity index (χ2v) is 5.31. The topological polar surface area (TPSA) is 91.9 Å². The minimum absolute atomic E-state index is 0.0250. The van der Waals surface area contributed by atoms with Gasteiger partial charge >= 0.3 is 0 Å². The Morgan fingerprint density at radius 1 is 1.08 bits per heavy atom. The van der Waals surface area contributed by atoms with E-state index in [9.17, 15) is 10.1 Å². The molecule has 7 nitrogen and oxygen atoms in total. The van der Waals surface area contributed by atoms with Gasteiger partial charge in [0.1, 0.15) is 0 Å². The van der Waals surface area contributed by atoms with Crippen LogP contribution in [0, 0.1) is 10.1 Å². The highest BCUT2D eigenvalue weighted by molar-refractivity contribution is 7.80. The predicted octanol–water partition coefficient (Wildman–Crippen LogP) is 4.71. The minimum Gasteiger partial charge on any atom is -0.362 e. The third-order valence-electron chi connectivity index (χ3n) is 3.00. The molecule has 2 aromatic rings. The van der Waals surface area contributed by atoms with E-state index in [4.69, 9.17) is 12.2 Å². The minimum atomic E-state index is -0.452. The lowest BCUT2D eigenvalue weighted by molar-refractivity contribution is -0.384. The maximum Gasteiger partial charge on any atom is 0.269 e. The van der Waals surface area contributed by atoms with Crippen LogP contribution in [0.3, 0.4) is 0 Å². The molecule has 0 saturated heterocycles. The number of nitrogens with zero attached hydrogens (tertiary/aromatic N) is 3. The number of non-ortho nitro benzene ring substituents is 1. The van der Waals surface area contributed by atoms with Crippen LogP contribution in [0.1, 0.15) is 13.3 Å². The first kappa shape index (κ1) is 17.5. The molecule has 0 aliphatic heterocycles. The largest absolute Gasteiger partial charge is 0.362 e. The molecule has 0 radical (unpaired) electrons. The van der Waals surface area contributed by atoms with Crippen LogP contribution >= 0.6 is 12.2 Å². The van der Waals surface area contributed by atoms with E-state index >= 15 is 0 Å². The molecule has 2 rings (SSSR count). The van der Waals surface area contributed by atoms with Gasteiger partial charge in [0.25, 0.3) is 5.69 Å². The molecule has 0 spiro atoms. The zero-order valence-electron chi connectivity index (χ0n) is 13.1. The van der Waals surface area contributed by atoms with Gasteiger partial charge in [-0.15, -0.1) is 0 Å². The Morgan fingerprint density at radius 3 is 2.12 bits per heavy atom.